The van der Waals surface area contributed by atoms with Crippen LogP contribution < -0.4 is 11.2 Å². The van der Waals surface area contributed by atoms with Crippen LogP contribution in [0.5, 0.6) is 0 Å². The number of nitrogens with two attached hydrogens (primary N) is 1. The van der Waals surface area contributed by atoms with Gasteiger partial charge in [0.05, 0.1) is 10.2 Å². The van der Waals surface area contributed by atoms with Crippen LogP contribution in [0.2, 0.25) is 0 Å². The van der Waals surface area contributed by atoms with E-state index in [1.54, 1.807) is 6.92 Å². The van der Waals surface area contributed by atoms with Crippen LogP contribution in [0.15, 0.2) is 9.47 Å². The van der Waals surface area contributed by atoms with Crippen molar-refractivity contribution in [2.75, 3.05) is 12.3 Å². The first-order valence-corrected chi connectivity index (χ1v) is 7.61. The third kappa shape index (κ3) is 4.86. The van der Waals surface area contributed by atoms with Gasteiger partial charge in [-0.2, -0.15) is 9.71 Å². The van der Waals surface area contributed by atoms with Gasteiger partial charge >= 0.3 is 0 Å². The molecule has 1 aromatic rings. The zero-order chi connectivity index (χ0) is 14.3. The number of anilines is 1. The van der Waals surface area contributed by atoms with E-state index in [1.807, 2.05) is 0 Å². The number of halogens is 1. The topological polar surface area (TPSA) is 76.4 Å². The monoisotopic (exact) mass is 330 g/mol. The van der Waals surface area contributed by atoms with Gasteiger partial charge in [0.25, 0.3) is 0 Å². The van der Waals surface area contributed by atoms with Crippen molar-refractivity contribution >= 4 is 21.9 Å². The van der Waals surface area contributed by atoms with Crippen LogP contribution >= 0.6 is 15.9 Å². The van der Waals surface area contributed by atoms with Gasteiger partial charge in [-0.15, -0.1) is 0 Å². The lowest BCUT2D eigenvalue weighted by molar-refractivity contribution is 0.179. The van der Waals surface area contributed by atoms with Crippen LogP contribution in [0.3, 0.4) is 0 Å². The SMILES string of the molecule is CCCCCCCCN=c1nc(N)n(O)c(C)c1Br. The van der Waals surface area contributed by atoms with Crippen LogP contribution in [0.1, 0.15) is 51.1 Å². The molecule has 0 spiro atoms. The number of nitrogens with zero attached hydrogens (tertiary/aromatic N) is 3. The highest BCUT2D eigenvalue weighted by Crippen LogP contribution is 2.11. The predicted molar refractivity (Wildman–Crippen MR) is 80.1 cm³/mol. The second kappa shape index (κ2) is 8.19. The third-order valence-corrected chi connectivity index (χ3v) is 3.97. The van der Waals surface area contributed by atoms with Crippen LogP contribution in [0.4, 0.5) is 5.95 Å². The van der Waals surface area contributed by atoms with Gasteiger partial charge in [-0.25, -0.2) is 0 Å². The van der Waals surface area contributed by atoms with Crippen molar-refractivity contribution in [1.82, 2.24) is 9.71 Å². The predicted octanol–water partition coefficient (Wildman–Crippen LogP) is 3.03. The summed E-state index contributed by atoms with van der Waals surface area (Å²) in [6.45, 7) is 4.71. The molecule has 0 fully saturated rings. The maximum absolute atomic E-state index is 9.56. The Balaban J connectivity index is 2.54. The smallest absolute Gasteiger partial charge is 0.236 e. The largest absolute Gasteiger partial charge is 0.425 e. The van der Waals surface area contributed by atoms with E-state index in [4.69, 9.17) is 5.73 Å². The molecule has 0 aliphatic carbocycles. The Hall–Kier alpha value is -1.04. The molecule has 1 aromatic heterocycles. The summed E-state index contributed by atoms with van der Waals surface area (Å²) in [7, 11) is 0. The second-order valence-electron chi connectivity index (χ2n) is 4.65. The van der Waals surface area contributed by atoms with Gasteiger partial charge < -0.3 is 10.9 Å². The number of hydrogen-bond acceptors (Lipinski definition) is 4. The minimum Gasteiger partial charge on any atom is -0.425 e. The molecule has 19 heavy (non-hydrogen) atoms. The molecule has 1 rings (SSSR count). The maximum atomic E-state index is 9.56. The van der Waals surface area contributed by atoms with Gasteiger partial charge in [0.15, 0.2) is 5.49 Å². The zero-order valence-corrected chi connectivity index (χ0v) is 13.3. The first-order valence-electron chi connectivity index (χ1n) is 6.82. The normalized spacial score (nSPS) is 12.1. The highest BCUT2D eigenvalue weighted by atomic mass is 79.9. The Morgan fingerprint density at radius 2 is 1.89 bits per heavy atom. The van der Waals surface area contributed by atoms with E-state index in [2.05, 4.69) is 32.8 Å². The fourth-order valence-electron chi connectivity index (χ4n) is 1.81. The van der Waals surface area contributed by atoms with Crippen LogP contribution in [0.25, 0.3) is 0 Å². The summed E-state index contributed by atoms with van der Waals surface area (Å²) in [5, 5.41) is 9.56. The standard InChI is InChI=1S/C13H23BrN4O/c1-3-4-5-6-7-8-9-16-12-11(14)10(2)18(19)13(15)17-12/h19H,3-9H2,1-2H3,(H2,15,16,17). The molecule has 0 unspecified atom stereocenters. The zero-order valence-electron chi connectivity index (χ0n) is 11.7. The van der Waals surface area contributed by atoms with Crippen molar-refractivity contribution in [2.45, 2.75) is 52.4 Å². The van der Waals surface area contributed by atoms with Crippen molar-refractivity contribution in [3.05, 3.63) is 15.7 Å². The van der Waals surface area contributed by atoms with Crippen molar-refractivity contribution < 1.29 is 5.21 Å². The summed E-state index contributed by atoms with van der Waals surface area (Å²) >= 11 is 3.38. The summed E-state index contributed by atoms with van der Waals surface area (Å²) in [4.78, 5) is 8.48. The Morgan fingerprint density at radius 1 is 1.26 bits per heavy atom. The van der Waals surface area contributed by atoms with E-state index in [0.717, 1.165) is 17.7 Å². The Kier molecular flexibility index (Phi) is 6.91. The average molecular weight is 331 g/mol. The minimum absolute atomic E-state index is 0.0578. The fraction of sp³-hybridized carbons (Fsp3) is 0.692. The molecule has 3 N–H and O–H groups in total. The highest BCUT2D eigenvalue weighted by Gasteiger charge is 2.06. The molecule has 108 valence electrons. The molecule has 0 radical (unpaired) electrons. The lowest BCUT2D eigenvalue weighted by atomic mass is 10.1. The molecule has 5 nitrogen and oxygen atoms in total. The lowest BCUT2D eigenvalue weighted by Crippen LogP contribution is -2.21. The molecule has 0 aromatic carbocycles. The summed E-state index contributed by atoms with van der Waals surface area (Å²) in [6, 6.07) is 0. The Bertz CT molecular complexity index is 470. The van der Waals surface area contributed by atoms with Gasteiger partial charge in [0.2, 0.25) is 5.95 Å². The molecule has 0 aliphatic heterocycles. The number of nitrogen functional groups attached to an aromatic ring is 1. The van der Waals surface area contributed by atoms with E-state index < -0.39 is 0 Å². The summed E-state index contributed by atoms with van der Waals surface area (Å²) in [6.07, 6.45) is 7.41. The number of rotatable bonds is 7. The van der Waals surface area contributed by atoms with Crippen LogP contribution in [-0.2, 0) is 0 Å². The summed E-state index contributed by atoms with van der Waals surface area (Å²) in [5.74, 6) is 0.0578. The first-order chi connectivity index (χ1) is 9.07. The van der Waals surface area contributed by atoms with Gasteiger partial charge in [-0.1, -0.05) is 39.0 Å². The van der Waals surface area contributed by atoms with E-state index in [-0.39, 0.29) is 5.95 Å². The maximum Gasteiger partial charge on any atom is 0.236 e. The molecular weight excluding hydrogens is 308 g/mol. The molecule has 0 aliphatic rings. The van der Waals surface area contributed by atoms with Gasteiger partial charge in [-0.3, -0.25) is 4.99 Å². The van der Waals surface area contributed by atoms with Crippen LogP contribution in [-0.4, -0.2) is 21.5 Å². The van der Waals surface area contributed by atoms with Crippen molar-refractivity contribution in [3.63, 3.8) is 0 Å². The second-order valence-corrected chi connectivity index (χ2v) is 5.45. The summed E-state index contributed by atoms with van der Waals surface area (Å²) < 4.78 is 1.54. The fourth-order valence-corrected chi connectivity index (χ4v) is 2.20. The van der Waals surface area contributed by atoms with E-state index in [0.29, 0.717) is 15.7 Å². The van der Waals surface area contributed by atoms with Gasteiger partial charge in [-0.05, 0) is 29.3 Å². The van der Waals surface area contributed by atoms with Crippen LogP contribution in [0, 0.1) is 6.92 Å². The minimum atomic E-state index is 0.0578. The van der Waals surface area contributed by atoms with Crippen molar-refractivity contribution in [1.29, 1.82) is 0 Å². The average Bonchev–Trinajstić information content (AvgIpc) is 2.41. The molecular formula is C13H23BrN4O. The van der Waals surface area contributed by atoms with Gasteiger partial charge in [0, 0.05) is 6.54 Å². The molecule has 0 saturated carbocycles. The van der Waals surface area contributed by atoms with Crippen molar-refractivity contribution in [3.8, 4) is 0 Å². The number of aromatic nitrogens is 2. The molecule has 6 heteroatoms. The Labute approximate surface area is 122 Å². The third-order valence-electron chi connectivity index (χ3n) is 3.04. The molecule has 0 atom stereocenters. The van der Waals surface area contributed by atoms with E-state index in [9.17, 15) is 5.21 Å². The number of unbranched alkanes of at least 4 members (excludes halogenated alkanes) is 5. The molecule has 0 bridgehead atoms. The van der Waals surface area contributed by atoms with Crippen molar-refractivity contribution in [2.24, 2.45) is 4.99 Å². The first kappa shape index (κ1) is 16.0. The van der Waals surface area contributed by atoms with E-state index in [1.165, 1.54) is 32.1 Å². The molecule has 1 heterocycles. The van der Waals surface area contributed by atoms with Gasteiger partial charge in [0.1, 0.15) is 0 Å². The molecule has 0 amide bonds. The highest BCUT2D eigenvalue weighted by molar-refractivity contribution is 9.10. The quantitative estimate of drug-likeness (QED) is 0.595. The van der Waals surface area contributed by atoms with E-state index >= 15 is 0 Å². The number of hydrogen-bond donors (Lipinski definition) is 2. The molecule has 0 saturated heterocycles. The lowest BCUT2D eigenvalue weighted by Gasteiger charge is -2.07. The summed E-state index contributed by atoms with van der Waals surface area (Å²) in [5.41, 5.74) is 6.77. The Morgan fingerprint density at radius 3 is 2.58 bits per heavy atom.